The molecule has 3 nitrogen and oxygen atoms in total. The predicted octanol–water partition coefficient (Wildman–Crippen LogP) is 2.19. The maximum Gasteiger partial charge on any atom is 0.411 e. The number of nitrogens with zero attached hydrogens (tertiary/aromatic N) is 1. The van der Waals surface area contributed by atoms with Gasteiger partial charge in [-0.15, -0.1) is 0 Å². The van der Waals surface area contributed by atoms with Gasteiger partial charge in [0.25, 0.3) is 0 Å². The molecule has 0 aromatic carbocycles. The van der Waals surface area contributed by atoms with Crippen molar-refractivity contribution in [1.82, 2.24) is 4.90 Å². The van der Waals surface area contributed by atoms with Crippen LogP contribution in [0.4, 0.5) is 13.2 Å². The molecule has 0 unspecified atom stereocenters. The van der Waals surface area contributed by atoms with Crippen molar-refractivity contribution in [2.75, 3.05) is 32.9 Å². The van der Waals surface area contributed by atoms with Crippen LogP contribution in [0, 0.1) is 0 Å². The first-order chi connectivity index (χ1) is 8.53. The molecule has 0 bridgehead atoms. The van der Waals surface area contributed by atoms with E-state index < -0.39 is 12.8 Å². The van der Waals surface area contributed by atoms with Crippen LogP contribution in [0.15, 0.2) is 0 Å². The monoisotopic (exact) mass is 269 g/mol. The molecule has 1 aliphatic carbocycles. The summed E-state index contributed by atoms with van der Waals surface area (Å²) in [5.41, 5.74) is 0. The van der Waals surface area contributed by atoms with Crippen molar-refractivity contribution >= 4 is 0 Å². The topological polar surface area (TPSA) is 32.7 Å². The molecule has 6 heteroatoms. The maximum atomic E-state index is 11.9. The Morgan fingerprint density at radius 3 is 2.33 bits per heavy atom. The summed E-state index contributed by atoms with van der Waals surface area (Å²) in [7, 11) is 0. The van der Waals surface area contributed by atoms with Crippen molar-refractivity contribution in [3.8, 4) is 0 Å². The second kappa shape index (κ2) is 7.96. The van der Waals surface area contributed by atoms with Crippen LogP contribution in [-0.2, 0) is 4.74 Å². The van der Waals surface area contributed by atoms with Crippen LogP contribution >= 0.6 is 0 Å². The fraction of sp³-hybridized carbons (Fsp3) is 1.00. The lowest BCUT2D eigenvalue weighted by Gasteiger charge is -2.33. The Balaban J connectivity index is 2.24. The maximum absolute atomic E-state index is 11.9. The van der Waals surface area contributed by atoms with E-state index in [1.54, 1.807) is 0 Å². The lowest BCUT2D eigenvalue weighted by atomic mass is 9.94. The van der Waals surface area contributed by atoms with E-state index in [0.29, 0.717) is 19.1 Å². The van der Waals surface area contributed by atoms with Gasteiger partial charge in [0.1, 0.15) is 6.61 Å². The van der Waals surface area contributed by atoms with Crippen molar-refractivity contribution < 1.29 is 23.0 Å². The third-order valence-corrected chi connectivity index (χ3v) is 3.27. The fourth-order valence-electron chi connectivity index (χ4n) is 2.42. The minimum atomic E-state index is -4.26. The Labute approximate surface area is 106 Å². The number of hydrogen-bond acceptors (Lipinski definition) is 3. The van der Waals surface area contributed by atoms with Crippen LogP contribution in [0.25, 0.3) is 0 Å². The summed E-state index contributed by atoms with van der Waals surface area (Å²) in [6.45, 7) is -0.113. The Morgan fingerprint density at radius 2 is 1.78 bits per heavy atom. The first kappa shape index (κ1) is 15.7. The molecule has 1 saturated carbocycles. The summed E-state index contributed by atoms with van der Waals surface area (Å²) in [5, 5.41) is 8.99. The van der Waals surface area contributed by atoms with E-state index >= 15 is 0 Å². The highest BCUT2D eigenvalue weighted by atomic mass is 19.4. The van der Waals surface area contributed by atoms with Gasteiger partial charge in [0.2, 0.25) is 0 Å². The molecule has 0 heterocycles. The molecule has 0 atom stereocenters. The largest absolute Gasteiger partial charge is 0.411 e. The number of ether oxygens (including phenoxy) is 1. The second-order valence-electron chi connectivity index (χ2n) is 4.72. The van der Waals surface area contributed by atoms with Crippen LogP contribution in [0.3, 0.4) is 0 Å². The fourth-order valence-corrected chi connectivity index (χ4v) is 2.42. The van der Waals surface area contributed by atoms with Crippen molar-refractivity contribution in [1.29, 1.82) is 0 Å². The zero-order valence-electron chi connectivity index (χ0n) is 10.6. The molecule has 0 amide bonds. The summed E-state index contributed by atoms with van der Waals surface area (Å²) in [5.74, 6) is 0. The molecule has 1 N–H and O–H groups in total. The van der Waals surface area contributed by atoms with Crippen molar-refractivity contribution in [3.05, 3.63) is 0 Å². The SMILES string of the molecule is OCCN(CCOCC(F)(F)F)C1CCCCC1. The highest BCUT2D eigenvalue weighted by molar-refractivity contribution is 4.75. The van der Waals surface area contributed by atoms with E-state index in [1.165, 1.54) is 6.42 Å². The minimum absolute atomic E-state index is 0.0375. The van der Waals surface area contributed by atoms with Gasteiger partial charge in [0.15, 0.2) is 0 Å². The Morgan fingerprint density at radius 1 is 1.11 bits per heavy atom. The van der Waals surface area contributed by atoms with E-state index in [4.69, 9.17) is 5.11 Å². The number of aliphatic hydroxyl groups excluding tert-OH is 1. The smallest absolute Gasteiger partial charge is 0.395 e. The van der Waals surface area contributed by atoms with Gasteiger partial charge < -0.3 is 9.84 Å². The number of halogens is 3. The standard InChI is InChI=1S/C12H22F3NO2/c13-12(14,15)10-18-9-7-16(6-8-17)11-4-2-1-3-5-11/h11,17H,1-10H2. The zero-order valence-corrected chi connectivity index (χ0v) is 10.6. The highest BCUT2D eigenvalue weighted by Gasteiger charge is 2.27. The van der Waals surface area contributed by atoms with Gasteiger partial charge in [-0.2, -0.15) is 13.2 Å². The van der Waals surface area contributed by atoms with E-state index in [2.05, 4.69) is 9.64 Å². The molecule has 0 saturated heterocycles. The van der Waals surface area contributed by atoms with Gasteiger partial charge in [-0.3, -0.25) is 4.90 Å². The molecular weight excluding hydrogens is 247 g/mol. The Hall–Kier alpha value is -0.330. The molecule has 18 heavy (non-hydrogen) atoms. The zero-order chi connectivity index (χ0) is 13.4. The molecular formula is C12H22F3NO2. The van der Waals surface area contributed by atoms with Crippen LogP contribution in [0.2, 0.25) is 0 Å². The van der Waals surface area contributed by atoms with Gasteiger partial charge in [-0.25, -0.2) is 0 Å². The van der Waals surface area contributed by atoms with Crippen molar-refractivity contribution in [2.45, 2.75) is 44.3 Å². The number of hydrogen-bond donors (Lipinski definition) is 1. The number of alkyl halides is 3. The number of rotatable bonds is 7. The van der Waals surface area contributed by atoms with Crippen molar-refractivity contribution in [3.63, 3.8) is 0 Å². The van der Waals surface area contributed by atoms with E-state index in [-0.39, 0.29) is 13.2 Å². The van der Waals surface area contributed by atoms with Crippen LogP contribution in [0.5, 0.6) is 0 Å². The third kappa shape index (κ3) is 6.56. The summed E-state index contributed by atoms with van der Waals surface area (Å²) in [6, 6.07) is 0.389. The van der Waals surface area contributed by atoms with E-state index in [0.717, 1.165) is 25.7 Å². The first-order valence-corrected chi connectivity index (χ1v) is 6.52. The summed E-state index contributed by atoms with van der Waals surface area (Å²) in [4.78, 5) is 2.05. The highest BCUT2D eigenvalue weighted by Crippen LogP contribution is 2.22. The van der Waals surface area contributed by atoms with Gasteiger partial charge in [0.05, 0.1) is 13.2 Å². The summed E-state index contributed by atoms with van der Waals surface area (Å²) in [6.07, 6.45) is 1.44. The molecule has 0 spiro atoms. The lowest BCUT2D eigenvalue weighted by Crippen LogP contribution is -2.41. The van der Waals surface area contributed by atoms with Gasteiger partial charge >= 0.3 is 6.18 Å². The molecule has 0 aromatic heterocycles. The van der Waals surface area contributed by atoms with E-state index in [1.807, 2.05) is 0 Å². The molecule has 0 radical (unpaired) electrons. The van der Waals surface area contributed by atoms with Gasteiger partial charge in [-0.1, -0.05) is 19.3 Å². The Kier molecular flexibility index (Phi) is 6.96. The number of aliphatic hydroxyl groups is 1. The second-order valence-corrected chi connectivity index (χ2v) is 4.72. The Bertz CT molecular complexity index is 218. The van der Waals surface area contributed by atoms with E-state index in [9.17, 15) is 13.2 Å². The average molecular weight is 269 g/mol. The summed E-state index contributed by atoms with van der Waals surface area (Å²) >= 11 is 0. The quantitative estimate of drug-likeness (QED) is 0.719. The molecule has 1 fully saturated rings. The normalized spacial score (nSPS) is 18.5. The molecule has 0 aliphatic heterocycles. The van der Waals surface area contributed by atoms with Gasteiger partial charge in [-0.05, 0) is 12.8 Å². The lowest BCUT2D eigenvalue weighted by molar-refractivity contribution is -0.175. The molecule has 1 rings (SSSR count). The summed E-state index contributed by atoms with van der Waals surface area (Å²) < 4.78 is 40.3. The molecule has 0 aromatic rings. The molecule has 1 aliphatic rings. The third-order valence-electron chi connectivity index (χ3n) is 3.27. The average Bonchev–Trinajstić information content (AvgIpc) is 2.33. The van der Waals surface area contributed by atoms with Crippen molar-refractivity contribution in [2.24, 2.45) is 0 Å². The van der Waals surface area contributed by atoms with Crippen LogP contribution in [-0.4, -0.2) is 55.1 Å². The minimum Gasteiger partial charge on any atom is -0.395 e. The molecule has 108 valence electrons. The van der Waals surface area contributed by atoms with Crippen LogP contribution < -0.4 is 0 Å². The first-order valence-electron chi connectivity index (χ1n) is 6.52. The van der Waals surface area contributed by atoms with Gasteiger partial charge in [0, 0.05) is 19.1 Å². The predicted molar refractivity (Wildman–Crippen MR) is 62.4 cm³/mol. The van der Waals surface area contributed by atoms with Crippen LogP contribution in [0.1, 0.15) is 32.1 Å².